The molecule has 108 valence electrons. The van der Waals surface area contributed by atoms with Gasteiger partial charge in [-0.2, -0.15) is 4.98 Å². The van der Waals surface area contributed by atoms with Gasteiger partial charge in [0.1, 0.15) is 11.6 Å². The Morgan fingerprint density at radius 3 is 2.70 bits per heavy atom. The van der Waals surface area contributed by atoms with E-state index in [9.17, 15) is 8.78 Å². The van der Waals surface area contributed by atoms with Gasteiger partial charge in [-0.05, 0) is 12.1 Å². The SMILES string of the molecule is COc1nc(N(C)C)sc1CNc1ccc(F)cc1F. The Labute approximate surface area is 120 Å². The van der Waals surface area contributed by atoms with Crippen LogP contribution < -0.4 is 15.0 Å². The summed E-state index contributed by atoms with van der Waals surface area (Å²) in [6.07, 6.45) is 0. The van der Waals surface area contributed by atoms with Gasteiger partial charge < -0.3 is 15.0 Å². The Bertz CT molecular complexity index is 601. The fourth-order valence-corrected chi connectivity index (χ4v) is 2.49. The molecule has 2 aromatic rings. The summed E-state index contributed by atoms with van der Waals surface area (Å²) in [5.74, 6) is -0.714. The first-order valence-electron chi connectivity index (χ1n) is 5.91. The van der Waals surface area contributed by atoms with Gasteiger partial charge in [0.05, 0.1) is 24.2 Å². The molecule has 0 aliphatic carbocycles. The quantitative estimate of drug-likeness (QED) is 0.920. The van der Waals surface area contributed by atoms with Crippen LogP contribution in [0.15, 0.2) is 18.2 Å². The van der Waals surface area contributed by atoms with Gasteiger partial charge in [-0.15, -0.1) is 0 Å². The lowest BCUT2D eigenvalue weighted by Gasteiger charge is -2.07. The van der Waals surface area contributed by atoms with Gasteiger partial charge in [0, 0.05) is 20.2 Å². The third kappa shape index (κ3) is 3.16. The van der Waals surface area contributed by atoms with Gasteiger partial charge in [0.2, 0.25) is 5.88 Å². The molecule has 0 unspecified atom stereocenters. The molecule has 0 amide bonds. The molecule has 20 heavy (non-hydrogen) atoms. The van der Waals surface area contributed by atoms with Crippen molar-refractivity contribution in [3.63, 3.8) is 0 Å². The Morgan fingerprint density at radius 1 is 1.35 bits per heavy atom. The molecule has 1 aromatic carbocycles. The van der Waals surface area contributed by atoms with E-state index in [1.807, 2.05) is 19.0 Å². The second kappa shape index (κ2) is 6.04. The molecule has 0 fully saturated rings. The molecule has 2 rings (SSSR count). The smallest absolute Gasteiger partial charge is 0.231 e. The number of ether oxygens (including phenoxy) is 1. The van der Waals surface area contributed by atoms with Crippen LogP contribution in [-0.2, 0) is 6.54 Å². The van der Waals surface area contributed by atoms with Crippen molar-refractivity contribution < 1.29 is 13.5 Å². The molecule has 0 spiro atoms. The first kappa shape index (κ1) is 14.5. The molecule has 4 nitrogen and oxygen atoms in total. The summed E-state index contributed by atoms with van der Waals surface area (Å²) in [5.41, 5.74) is 0.244. The maximum Gasteiger partial charge on any atom is 0.231 e. The van der Waals surface area contributed by atoms with Crippen LogP contribution in [0.4, 0.5) is 19.6 Å². The average Bonchev–Trinajstić information content (AvgIpc) is 2.81. The summed E-state index contributed by atoms with van der Waals surface area (Å²) in [6, 6.07) is 3.42. The summed E-state index contributed by atoms with van der Waals surface area (Å²) in [7, 11) is 5.31. The molecule has 7 heteroatoms. The predicted octanol–water partition coefficient (Wildman–Crippen LogP) is 3.11. The Kier molecular flexibility index (Phi) is 4.39. The number of nitrogens with zero attached hydrogens (tertiary/aromatic N) is 2. The Hall–Kier alpha value is -1.89. The van der Waals surface area contributed by atoms with Gasteiger partial charge in [-0.25, -0.2) is 8.78 Å². The number of rotatable bonds is 5. The van der Waals surface area contributed by atoms with E-state index in [1.54, 1.807) is 0 Å². The van der Waals surface area contributed by atoms with E-state index in [1.165, 1.54) is 30.6 Å². The zero-order valence-electron chi connectivity index (χ0n) is 11.4. The normalized spacial score (nSPS) is 10.4. The fraction of sp³-hybridized carbons (Fsp3) is 0.308. The molecule has 0 saturated heterocycles. The van der Waals surface area contributed by atoms with Crippen molar-refractivity contribution in [3.05, 3.63) is 34.7 Å². The number of anilines is 2. The van der Waals surface area contributed by atoms with Gasteiger partial charge in [-0.1, -0.05) is 11.3 Å². The van der Waals surface area contributed by atoms with E-state index in [2.05, 4.69) is 10.3 Å². The summed E-state index contributed by atoms with van der Waals surface area (Å²) in [6.45, 7) is 0.358. The molecule has 1 N–H and O–H groups in total. The highest BCUT2D eigenvalue weighted by Crippen LogP contribution is 2.31. The molecule has 0 radical (unpaired) electrons. The van der Waals surface area contributed by atoms with Crippen LogP contribution in [0.2, 0.25) is 0 Å². The Morgan fingerprint density at radius 2 is 2.10 bits per heavy atom. The summed E-state index contributed by atoms with van der Waals surface area (Å²) in [5, 5.41) is 3.72. The van der Waals surface area contributed by atoms with Crippen LogP contribution in [0.25, 0.3) is 0 Å². The van der Waals surface area contributed by atoms with Crippen LogP contribution in [0.3, 0.4) is 0 Å². The lowest BCUT2D eigenvalue weighted by molar-refractivity contribution is 0.397. The lowest BCUT2D eigenvalue weighted by Crippen LogP contribution is -2.07. The van der Waals surface area contributed by atoms with Gasteiger partial charge >= 0.3 is 0 Å². The number of nitrogens with one attached hydrogen (secondary N) is 1. The predicted molar refractivity (Wildman–Crippen MR) is 76.7 cm³/mol. The minimum Gasteiger partial charge on any atom is -0.480 e. The number of thiazole rings is 1. The van der Waals surface area contributed by atoms with E-state index >= 15 is 0 Å². The molecule has 1 aromatic heterocycles. The number of aromatic nitrogens is 1. The third-order valence-corrected chi connectivity index (χ3v) is 3.80. The van der Waals surface area contributed by atoms with E-state index in [-0.39, 0.29) is 5.69 Å². The standard InChI is InChI=1S/C13H15F2N3OS/c1-18(2)13-17-12(19-3)11(20-13)7-16-10-5-4-8(14)6-9(10)15/h4-6,16H,7H2,1-3H3. The average molecular weight is 299 g/mol. The van der Waals surface area contributed by atoms with Crippen molar-refractivity contribution in [2.24, 2.45) is 0 Å². The molecule has 0 saturated carbocycles. The highest BCUT2D eigenvalue weighted by atomic mass is 32.1. The van der Waals surface area contributed by atoms with Crippen LogP contribution in [0.5, 0.6) is 5.88 Å². The van der Waals surface area contributed by atoms with Crippen molar-refractivity contribution in [1.82, 2.24) is 4.98 Å². The minimum absolute atomic E-state index is 0.244. The minimum atomic E-state index is -0.624. The summed E-state index contributed by atoms with van der Waals surface area (Å²) >= 11 is 1.45. The largest absolute Gasteiger partial charge is 0.480 e. The van der Waals surface area contributed by atoms with Gasteiger partial charge in [-0.3, -0.25) is 0 Å². The van der Waals surface area contributed by atoms with Crippen molar-refractivity contribution in [2.75, 3.05) is 31.4 Å². The lowest BCUT2D eigenvalue weighted by atomic mass is 10.3. The van der Waals surface area contributed by atoms with Crippen molar-refractivity contribution >= 4 is 22.2 Å². The number of hydrogen-bond acceptors (Lipinski definition) is 5. The summed E-state index contributed by atoms with van der Waals surface area (Å²) in [4.78, 5) is 7.02. The Balaban J connectivity index is 2.14. The molecule has 0 aliphatic rings. The fourth-order valence-electron chi connectivity index (χ4n) is 1.60. The van der Waals surface area contributed by atoms with Crippen LogP contribution in [-0.4, -0.2) is 26.2 Å². The molecule has 0 atom stereocenters. The van der Waals surface area contributed by atoms with Crippen molar-refractivity contribution in [3.8, 4) is 5.88 Å². The van der Waals surface area contributed by atoms with Gasteiger partial charge in [0.15, 0.2) is 5.13 Å². The topological polar surface area (TPSA) is 37.4 Å². The van der Waals surface area contributed by atoms with Crippen LogP contribution >= 0.6 is 11.3 Å². The number of halogens is 2. The number of hydrogen-bond donors (Lipinski definition) is 1. The van der Waals surface area contributed by atoms with E-state index in [4.69, 9.17) is 4.74 Å². The van der Waals surface area contributed by atoms with E-state index in [0.29, 0.717) is 12.4 Å². The highest BCUT2D eigenvalue weighted by molar-refractivity contribution is 7.15. The highest BCUT2D eigenvalue weighted by Gasteiger charge is 2.13. The zero-order chi connectivity index (χ0) is 14.7. The molecular formula is C13H15F2N3OS. The first-order chi connectivity index (χ1) is 9.51. The molecular weight excluding hydrogens is 284 g/mol. The van der Waals surface area contributed by atoms with Crippen LogP contribution in [0.1, 0.15) is 4.88 Å². The van der Waals surface area contributed by atoms with Crippen LogP contribution in [0, 0.1) is 11.6 Å². The first-order valence-corrected chi connectivity index (χ1v) is 6.73. The zero-order valence-corrected chi connectivity index (χ0v) is 12.2. The third-order valence-electron chi connectivity index (χ3n) is 2.60. The second-order valence-electron chi connectivity index (χ2n) is 4.30. The molecule has 0 bridgehead atoms. The van der Waals surface area contributed by atoms with E-state index < -0.39 is 11.6 Å². The molecule has 1 heterocycles. The van der Waals surface area contributed by atoms with Crippen molar-refractivity contribution in [2.45, 2.75) is 6.54 Å². The maximum atomic E-state index is 13.5. The maximum absolute atomic E-state index is 13.5. The van der Waals surface area contributed by atoms with Crippen molar-refractivity contribution in [1.29, 1.82) is 0 Å². The second-order valence-corrected chi connectivity index (χ2v) is 5.36. The monoisotopic (exact) mass is 299 g/mol. The number of methoxy groups -OCH3 is 1. The number of benzene rings is 1. The summed E-state index contributed by atoms with van der Waals surface area (Å²) < 4.78 is 31.5. The molecule has 0 aliphatic heterocycles. The van der Waals surface area contributed by atoms with Gasteiger partial charge in [0.25, 0.3) is 0 Å². The van der Waals surface area contributed by atoms with E-state index in [0.717, 1.165) is 16.1 Å².